The van der Waals surface area contributed by atoms with Crippen LogP contribution in [0.15, 0.2) is 48.5 Å². The predicted octanol–water partition coefficient (Wildman–Crippen LogP) is 5.23. The van der Waals surface area contributed by atoms with E-state index in [0.29, 0.717) is 43.5 Å². The summed E-state index contributed by atoms with van der Waals surface area (Å²) in [6, 6.07) is 15.0. The predicted molar refractivity (Wildman–Crippen MR) is 163 cm³/mol. The van der Waals surface area contributed by atoms with E-state index in [9.17, 15) is 9.59 Å². The minimum Gasteiger partial charge on any atom is -0.496 e. The lowest BCUT2D eigenvalue weighted by atomic mass is 9.95. The highest BCUT2D eigenvalue weighted by atomic mass is 32.1. The first kappa shape index (κ1) is 33.3. The Bertz CT molecular complexity index is 1050. The van der Waals surface area contributed by atoms with Crippen LogP contribution >= 0.6 is 12.6 Å². The molecule has 222 valence electrons. The Labute approximate surface area is 245 Å². The highest BCUT2D eigenvalue weighted by molar-refractivity contribution is 7.79. The summed E-state index contributed by atoms with van der Waals surface area (Å²) in [6.45, 7) is 7.90. The van der Waals surface area contributed by atoms with E-state index in [4.69, 9.17) is 19.9 Å². The number of likely N-dealkylation sites (tertiary alicyclic amines) is 1. The second-order valence-electron chi connectivity index (χ2n) is 10.9. The summed E-state index contributed by atoms with van der Waals surface area (Å²) in [4.78, 5) is 26.8. The van der Waals surface area contributed by atoms with Crippen LogP contribution in [0.3, 0.4) is 0 Å². The topological polar surface area (TPSA) is 103 Å². The Morgan fingerprint density at radius 1 is 1.15 bits per heavy atom. The molecule has 2 aromatic carbocycles. The molecule has 1 heterocycles. The van der Waals surface area contributed by atoms with Crippen molar-refractivity contribution in [3.8, 4) is 11.5 Å². The molecular formula is C31H47N3O5S. The number of nitrogens with one attached hydrogen (secondary N) is 1. The van der Waals surface area contributed by atoms with Gasteiger partial charge in [0.15, 0.2) is 0 Å². The van der Waals surface area contributed by atoms with Gasteiger partial charge in [0.25, 0.3) is 0 Å². The number of amides is 2. The van der Waals surface area contributed by atoms with Crippen LogP contribution in [0.25, 0.3) is 0 Å². The van der Waals surface area contributed by atoms with E-state index >= 15 is 0 Å². The summed E-state index contributed by atoms with van der Waals surface area (Å²) in [7, 11) is 1.60. The van der Waals surface area contributed by atoms with E-state index in [2.05, 4.69) is 17.9 Å². The molecule has 1 saturated heterocycles. The number of thiol groups is 1. The lowest BCUT2D eigenvalue weighted by Crippen LogP contribution is -2.43. The van der Waals surface area contributed by atoms with Gasteiger partial charge in [-0.05, 0) is 88.8 Å². The van der Waals surface area contributed by atoms with E-state index < -0.39 is 11.6 Å². The molecule has 2 aromatic rings. The number of benzene rings is 2. The fourth-order valence-electron chi connectivity index (χ4n) is 4.53. The summed E-state index contributed by atoms with van der Waals surface area (Å²) in [5.74, 6) is 1.56. The third kappa shape index (κ3) is 11.7. The van der Waals surface area contributed by atoms with Crippen LogP contribution in [-0.2, 0) is 22.5 Å². The Morgan fingerprint density at radius 2 is 1.88 bits per heavy atom. The molecule has 3 rings (SSSR count). The van der Waals surface area contributed by atoms with Crippen LogP contribution in [0, 0.1) is 5.92 Å². The number of carbonyl (C=O) groups is 2. The summed E-state index contributed by atoms with van der Waals surface area (Å²) < 4.78 is 17.0. The Balaban J connectivity index is 0.00000274. The lowest BCUT2D eigenvalue weighted by molar-refractivity contribution is -0.122. The maximum Gasteiger partial charge on any atom is 0.410 e. The number of hydrogen-bond donors (Lipinski definition) is 3. The number of nitrogens with two attached hydrogens (primary N) is 1. The Kier molecular flexibility index (Phi) is 14.2. The molecule has 3 N–H and O–H groups in total. The summed E-state index contributed by atoms with van der Waals surface area (Å²) in [5, 5.41) is 2.93. The van der Waals surface area contributed by atoms with Crippen molar-refractivity contribution in [3.05, 3.63) is 59.7 Å². The number of aryl methyl sites for hydroxylation is 1. The molecule has 2 atom stereocenters. The van der Waals surface area contributed by atoms with Gasteiger partial charge >= 0.3 is 6.09 Å². The second-order valence-corrected chi connectivity index (χ2v) is 10.9. The Morgan fingerprint density at radius 3 is 2.55 bits per heavy atom. The van der Waals surface area contributed by atoms with Gasteiger partial charge in [-0.1, -0.05) is 30.3 Å². The molecule has 0 radical (unpaired) electrons. The number of piperidine rings is 1. The van der Waals surface area contributed by atoms with Gasteiger partial charge in [-0.2, -0.15) is 12.6 Å². The average molecular weight is 574 g/mol. The van der Waals surface area contributed by atoms with Gasteiger partial charge < -0.3 is 30.2 Å². The fraction of sp³-hybridized carbons (Fsp3) is 0.548. The SMILES string of the molecule is COc1ccc(OCCC2CCCN(C(=O)OC(C)(C)C)C2)cc1CNC(=O)C(N)CCc1ccccc1.CS. The van der Waals surface area contributed by atoms with Crippen LogP contribution in [-0.4, -0.2) is 61.6 Å². The van der Waals surface area contributed by atoms with Crippen molar-refractivity contribution in [3.63, 3.8) is 0 Å². The van der Waals surface area contributed by atoms with Crippen molar-refractivity contribution < 1.29 is 23.8 Å². The highest BCUT2D eigenvalue weighted by Crippen LogP contribution is 2.26. The normalized spacial score (nSPS) is 15.8. The van der Waals surface area contributed by atoms with Crippen molar-refractivity contribution in [1.82, 2.24) is 10.2 Å². The zero-order valence-corrected chi connectivity index (χ0v) is 25.5. The molecule has 1 aliphatic heterocycles. The van der Waals surface area contributed by atoms with E-state index in [0.717, 1.165) is 43.4 Å². The fourth-order valence-corrected chi connectivity index (χ4v) is 4.53. The molecule has 2 amide bonds. The molecule has 9 heteroatoms. The minimum atomic E-state index is -0.587. The van der Waals surface area contributed by atoms with Crippen LogP contribution < -0.4 is 20.5 Å². The second kappa shape index (κ2) is 17.0. The van der Waals surface area contributed by atoms with Gasteiger partial charge in [-0.3, -0.25) is 4.79 Å². The van der Waals surface area contributed by atoms with Crippen molar-refractivity contribution in [2.45, 2.75) is 71.1 Å². The molecule has 0 aromatic heterocycles. The number of rotatable bonds is 11. The van der Waals surface area contributed by atoms with Gasteiger partial charge in [-0.25, -0.2) is 4.79 Å². The Hall–Kier alpha value is -2.91. The smallest absolute Gasteiger partial charge is 0.410 e. The summed E-state index contributed by atoms with van der Waals surface area (Å²) in [5.41, 5.74) is 7.61. The summed E-state index contributed by atoms with van der Waals surface area (Å²) in [6.07, 6.45) is 5.64. The average Bonchev–Trinajstić information content (AvgIpc) is 2.95. The molecule has 0 aliphatic carbocycles. The largest absolute Gasteiger partial charge is 0.496 e. The van der Waals surface area contributed by atoms with Gasteiger partial charge in [0.2, 0.25) is 5.91 Å². The first-order chi connectivity index (χ1) is 19.1. The number of nitrogens with zero attached hydrogens (tertiary/aromatic N) is 1. The van der Waals surface area contributed by atoms with Crippen molar-refractivity contribution in [1.29, 1.82) is 0 Å². The van der Waals surface area contributed by atoms with Gasteiger partial charge in [-0.15, -0.1) is 0 Å². The molecular weight excluding hydrogens is 526 g/mol. The van der Waals surface area contributed by atoms with Crippen LogP contribution in [0.1, 0.15) is 57.6 Å². The monoisotopic (exact) mass is 573 g/mol. The van der Waals surface area contributed by atoms with Gasteiger partial charge in [0.1, 0.15) is 17.1 Å². The molecule has 0 saturated carbocycles. The molecule has 0 bridgehead atoms. The van der Waals surface area contributed by atoms with Crippen LogP contribution in [0.4, 0.5) is 4.79 Å². The maximum absolute atomic E-state index is 12.6. The van der Waals surface area contributed by atoms with E-state index in [1.54, 1.807) is 18.3 Å². The van der Waals surface area contributed by atoms with Crippen LogP contribution in [0.2, 0.25) is 0 Å². The number of hydrogen-bond acceptors (Lipinski definition) is 7. The first-order valence-corrected chi connectivity index (χ1v) is 14.8. The van der Waals surface area contributed by atoms with Gasteiger partial charge in [0.05, 0.1) is 19.8 Å². The highest BCUT2D eigenvalue weighted by Gasteiger charge is 2.27. The zero-order chi connectivity index (χ0) is 29.5. The molecule has 1 aliphatic rings. The zero-order valence-electron chi connectivity index (χ0n) is 24.7. The molecule has 40 heavy (non-hydrogen) atoms. The van der Waals surface area contributed by atoms with Crippen molar-refractivity contribution in [2.24, 2.45) is 11.7 Å². The standard InChI is InChI=1S/C30H43N3O5.CH4S/c1-30(2,3)38-29(35)33-17-8-11-23(21-33)16-18-37-25-13-15-27(36-4)24(19-25)20-32-28(34)26(31)14-12-22-9-6-5-7-10-22;1-2/h5-7,9-10,13,15,19,23,26H,8,11-12,14,16-18,20-21,31H2,1-4H3,(H,32,34);2H,1H3. The number of carbonyl (C=O) groups excluding carboxylic acids is 2. The minimum absolute atomic E-state index is 0.193. The number of methoxy groups -OCH3 is 1. The quantitative estimate of drug-likeness (QED) is 0.318. The maximum atomic E-state index is 12.6. The van der Waals surface area contributed by atoms with E-state index in [1.807, 2.05) is 69.3 Å². The summed E-state index contributed by atoms with van der Waals surface area (Å²) >= 11 is 3.53. The number of ether oxygens (including phenoxy) is 3. The van der Waals surface area contributed by atoms with E-state index in [1.165, 1.54) is 0 Å². The molecule has 0 spiro atoms. The lowest BCUT2D eigenvalue weighted by Gasteiger charge is -2.34. The molecule has 1 fully saturated rings. The van der Waals surface area contributed by atoms with E-state index in [-0.39, 0.29) is 12.0 Å². The molecule has 2 unspecified atom stereocenters. The van der Waals surface area contributed by atoms with Crippen molar-refractivity contribution >= 4 is 24.6 Å². The van der Waals surface area contributed by atoms with Crippen LogP contribution in [0.5, 0.6) is 11.5 Å². The third-order valence-corrected chi connectivity index (χ3v) is 6.59. The van der Waals surface area contributed by atoms with Crippen molar-refractivity contribution in [2.75, 3.05) is 33.1 Å². The molecule has 8 nitrogen and oxygen atoms in total. The first-order valence-electron chi connectivity index (χ1n) is 13.9. The van der Waals surface area contributed by atoms with Gasteiger partial charge in [0, 0.05) is 25.2 Å². The third-order valence-electron chi connectivity index (χ3n) is 6.59.